The quantitative estimate of drug-likeness (QED) is 0.557. The number of hydrogen-bond donors (Lipinski definition) is 2. The zero-order chi connectivity index (χ0) is 9.90. The van der Waals surface area contributed by atoms with E-state index in [2.05, 4.69) is 0 Å². The number of rotatable bonds is 3. The standard InChI is InChI=1S/C7H7NO4S/c9-5-6-1-3-7(4-2-6)8-13(10,11)12/h1-5,8H,(H,10,11,12). The molecule has 13 heavy (non-hydrogen) atoms. The number of hydrogen-bond acceptors (Lipinski definition) is 3. The molecule has 0 fully saturated rings. The lowest BCUT2D eigenvalue weighted by Gasteiger charge is -2.01. The average Bonchev–Trinajstić information content (AvgIpc) is 2.03. The molecule has 0 aliphatic heterocycles. The molecule has 0 bridgehead atoms. The summed E-state index contributed by atoms with van der Waals surface area (Å²) in [5.74, 6) is 0. The Hall–Kier alpha value is -1.40. The Kier molecular flexibility index (Phi) is 2.64. The number of carbonyl (C=O) groups excluding carboxylic acids is 1. The van der Waals surface area contributed by atoms with Gasteiger partial charge in [-0.3, -0.25) is 14.1 Å². The summed E-state index contributed by atoms with van der Waals surface area (Å²) >= 11 is 0. The first-order valence-corrected chi connectivity index (χ1v) is 4.76. The van der Waals surface area contributed by atoms with Crippen molar-refractivity contribution in [3.63, 3.8) is 0 Å². The molecule has 2 N–H and O–H groups in total. The molecule has 0 radical (unpaired) electrons. The number of carbonyl (C=O) groups is 1. The van der Waals surface area contributed by atoms with E-state index in [1.54, 1.807) is 0 Å². The third-order valence-electron chi connectivity index (χ3n) is 1.29. The lowest BCUT2D eigenvalue weighted by Crippen LogP contribution is -2.10. The SMILES string of the molecule is O=Cc1ccc(NS(=O)(=O)O)cc1. The van der Waals surface area contributed by atoms with Gasteiger partial charge in [0.05, 0.1) is 5.69 Å². The summed E-state index contributed by atoms with van der Waals surface area (Å²) in [5.41, 5.74) is 0.633. The maximum absolute atomic E-state index is 10.3. The number of anilines is 1. The number of aldehydes is 1. The van der Waals surface area contributed by atoms with E-state index in [0.717, 1.165) is 0 Å². The van der Waals surface area contributed by atoms with Gasteiger partial charge in [0.15, 0.2) is 0 Å². The molecule has 0 amide bonds. The van der Waals surface area contributed by atoms with Crippen molar-refractivity contribution in [3.05, 3.63) is 29.8 Å². The molecule has 5 nitrogen and oxygen atoms in total. The highest BCUT2D eigenvalue weighted by atomic mass is 32.2. The molecule has 0 aromatic heterocycles. The largest absolute Gasteiger partial charge is 0.357 e. The highest BCUT2D eigenvalue weighted by Gasteiger charge is 2.02. The lowest BCUT2D eigenvalue weighted by molar-refractivity contribution is 0.112. The van der Waals surface area contributed by atoms with Crippen LogP contribution in [0.3, 0.4) is 0 Å². The van der Waals surface area contributed by atoms with Crippen LogP contribution in [0.25, 0.3) is 0 Å². The fraction of sp³-hybridized carbons (Fsp3) is 0. The van der Waals surface area contributed by atoms with Gasteiger partial charge >= 0.3 is 10.3 Å². The van der Waals surface area contributed by atoms with E-state index in [0.29, 0.717) is 11.8 Å². The monoisotopic (exact) mass is 201 g/mol. The Morgan fingerprint density at radius 3 is 2.15 bits per heavy atom. The number of nitrogens with one attached hydrogen (secondary N) is 1. The van der Waals surface area contributed by atoms with Gasteiger partial charge in [0.1, 0.15) is 6.29 Å². The van der Waals surface area contributed by atoms with Crippen molar-refractivity contribution in [1.29, 1.82) is 0 Å². The van der Waals surface area contributed by atoms with Crippen LogP contribution in [0.2, 0.25) is 0 Å². The average molecular weight is 201 g/mol. The summed E-state index contributed by atoms with van der Waals surface area (Å²) < 4.78 is 30.9. The molecule has 6 heteroatoms. The van der Waals surface area contributed by atoms with Crippen molar-refractivity contribution >= 4 is 22.3 Å². The second-order valence-electron chi connectivity index (χ2n) is 2.32. The van der Waals surface area contributed by atoms with Gasteiger partial charge < -0.3 is 0 Å². The van der Waals surface area contributed by atoms with Crippen molar-refractivity contribution in [3.8, 4) is 0 Å². The minimum atomic E-state index is -4.24. The third kappa shape index (κ3) is 3.22. The first-order chi connectivity index (χ1) is 6.01. The predicted molar refractivity (Wildman–Crippen MR) is 47.0 cm³/mol. The molecule has 1 aromatic rings. The third-order valence-corrected chi connectivity index (χ3v) is 1.79. The van der Waals surface area contributed by atoms with Gasteiger partial charge in [0, 0.05) is 5.56 Å². The molecule has 0 saturated carbocycles. The molecular weight excluding hydrogens is 194 g/mol. The first kappa shape index (κ1) is 9.69. The number of benzene rings is 1. The van der Waals surface area contributed by atoms with Crippen LogP contribution in [-0.2, 0) is 10.3 Å². The van der Waals surface area contributed by atoms with Crippen molar-refractivity contribution in [2.45, 2.75) is 0 Å². The minimum absolute atomic E-state index is 0.202. The summed E-state index contributed by atoms with van der Waals surface area (Å²) in [4.78, 5) is 10.2. The summed E-state index contributed by atoms with van der Waals surface area (Å²) in [6, 6.07) is 5.61. The molecule has 0 aliphatic carbocycles. The van der Waals surface area contributed by atoms with E-state index in [-0.39, 0.29) is 5.69 Å². The van der Waals surface area contributed by atoms with Gasteiger partial charge in [-0.05, 0) is 24.3 Å². The summed E-state index contributed by atoms with van der Waals surface area (Å²) in [6.45, 7) is 0. The molecule has 0 spiro atoms. The van der Waals surface area contributed by atoms with Crippen LogP contribution in [0.1, 0.15) is 10.4 Å². The van der Waals surface area contributed by atoms with Gasteiger partial charge in [-0.1, -0.05) is 0 Å². The molecule has 1 aromatic carbocycles. The Morgan fingerprint density at radius 2 is 1.77 bits per heavy atom. The van der Waals surface area contributed by atoms with Gasteiger partial charge in [-0.2, -0.15) is 8.42 Å². The maximum Gasteiger partial charge on any atom is 0.357 e. The summed E-state index contributed by atoms with van der Waals surface area (Å²) in [6.07, 6.45) is 0.636. The van der Waals surface area contributed by atoms with Crippen molar-refractivity contribution in [2.75, 3.05) is 4.72 Å². The van der Waals surface area contributed by atoms with E-state index < -0.39 is 10.3 Å². The van der Waals surface area contributed by atoms with Gasteiger partial charge in [-0.15, -0.1) is 0 Å². The second-order valence-corrected chi connectivity index (χ2v) is 3.47. The van der Waals surface area contributed by atoms with Crippen LogP contribution in [-0.4, -0.2) is 19.3 Å². The van der Waals surface area contributed by atoms with Crippen molar-refractivity contribution in [2.24, 2.45) is 0 Å². The van der Waals surface area contributed by atoms with E-state index in [9.17, 15) is 13.2 Å². The molecule has 0 aliphatic rings. The van der Waals surface area contributed by atoms with E-state index in [1.165, 1.54) is 24.3 Å². The Labute approximate surface area is 75.3 Å². The van der Waals surface area contributed by atoms with E-state index in [1.807, 2.05) is 4.72 Å². The van der Waals surface area contributed by atoms with Crippen LogP contribution >= 0.6 is 0 Å². The molecule has 0 heterocycles. The van der Waals surface area contributed by atoms with Crippen LogP contribution < -0.4 is 4.72 Å². The minimum Gasteiger partial charge on any atom is -0.298 e. The topological polar surface area (TPSA) is 83.5 Å². The van der Waals surface area contributed by atoms with E-state index in [4.69, 9.17) is 4.55 Å². The fourth-order valence-corrected chi connectivity index (χ4v) is 1.21. The Bertz CT molecular complexity index is 395. The van der Waals surface area contributed by atoms with Crippen LogP contribution in [0.4, 0.5) is 5.69 Å². The van der Waals surface area contributed by atoms with Gasteiger partial charge in [-0.25, -0.2) is 0 Å². The highest BCUT2D eigenvalue weighted by Crippen LogP contribution is 2.08. The van der Waals surface area contributed by atoms with Crippen LogP contribution in [0.5, 0.6) is 0 Å². The van der Waals surface area contributed by atoms with Crippen LogP contribution in [0, 0.1) is 0 Å². The first-order valence-electron chi connectivity index (χ1n) is 3.32. The van der Waals surface area contributed by atoms with Gasteiger partial charge in [0.25, 0.3) is 0 Å². The van der Waals surface area contributed by atoms with Gasteiger partial charge in [0.2, 0.25) is 0 Å². The maximum atomic E-state index is 10.3. The molecule has 70 valence electrons. The summed E-state index contributed by atoms with van der Waals surface area (Å²) in [7, 11) is -4.24. The fourth-order valence-electron chi connectivity index (χ4n) is 0.779. The smallest absolute Gasteiger partial charge is 0.298 e. The Morgan fingerprint density at radius 1 is 1.23 bits per heavy atom. The van der Waals surface area contributed by atoms with Crippen molar-refractivity contribution < 1.29 is 17.8 Å². The predicted octanol–water partition coefficient (Wildman–Crippen LogP) is 0.714. The lowest BCUT2D eigenvalue weighted by atomic mass is 10.2. The molecule has 0 unspecified atom stereocenters. The zero-order valence-corrected chi connectivity index (χ0v) is 7.28. The zero-order valence-electron chi connectivity index (χ0n) is 6.47. The molecular formula is C7H7NO4S. The highest BCUT2D eigenvalue weighted by molar-refractivity contribution is 7.87. The van der Waals surface area contributed by atoms with Crippen molar-refractivity contribution in [1.82, 2.24) is 0 Å². The molecule has 0 saturated heterocycles. The molecule has 1 rings (SSSR count). The normalized spacial score (nSPS) is 10.8. The van der Waals surface area contributed by atoms with E-state index >= 15 is 0 Å². The van der Waals surface area contributed by atoms with Crippen LogP contribution in [0.15, 0.2) is 24.3 Å². The summed E-state index contributed by atoms with van der Waals surface area (Å²) in [5, 5.41) is 0. The molecule has 0 atom stereocenters. The second kappa shape index (κ2) is 3.55. The Balaban J connectivity index is 2.87.